The summed E-state index contributed by atoms with van der Waals surface area (Å²) in [5.41, 5.74) is -0.794. The van der Waals surface area contributed by atoms with Crippen molar-refractivity contribution in [2.45, 2.75) is 45.0 Å². The fraction of sp³-hybridized carbons (Fsp3) is 0.643. The zero-order valence-electron chi connectivity index (χ0n) is 16.9. The summed E-state index contributed by atoms with van der Waals surface area (Å²) in [6, 6.07) is 1.57. The molecule has 3 rings (SSSR count). The summed E-state index contributed by atoms with van der Waals surface area (Å²) in [5.74, 6) is 0.00653. The Morgan fingerprint density at radius 3 is 2.60 bits per heavy atom. The van der Waals surface area contributed by atoms with Gasteiger partial charge < -0.3 is 18.8 Å². The van der Waals surface area contributed by atoms with E-state index in [1.165, 1.54) is 12.4 Å². The van der Waals surface area contributed by atoms with Crippen LogP contribution in [0.5, 0.6) is 5.75 Å². The Kier molecular flexibility index (Phi) is 2.13. The molecule has 0 N–H and O–H groups in total. The van der Waals surface area contributed by atoms with E-state index in [2.05, 4.69) is 9.72 Å². The Morgan fingerprint density at radius 1 is 1.35 bits per heavy atom. The lowest BCUT2D eigenvalue weighted by molar-refractivity contribution is -0.0794. The van der Waals surface area contributed by atoms with Gasteiger partial charge in [-0.1, -0.05) is 0 Å². The SMILES string of the molecule is [2H]C1([2H])OC([2H])([2H])C1([2H])Oc1cnccc1B1OC(C)(C)C(C)(C)O1. The second-order valence-electron chi connectivity index (χ2n) is 5.74. The number of hydrogen-bond acceptors (Lipinski definition) is 5. The third kappa shape index (κ3) is 2.32. The van der Waals surface area contributed by atoms with Gasteiger partial charge in [0.15, 0.2) is 0 Å². The Labute approximate surface area is 126 Å². The van der Waals surface area contributed by atoms with Gasteiger partial charge in [0.2, 0.25) is 0 Å². The third-order valence-corrected chi connectivity index (χ3v) is 3.82. The molecule has 0 amide bonds. The van der Waals surface area contributed by atoms with Crippen LogP contribution in [0.1, 0.15) is 34.5 Å². The molecule has 0 atom stereocenters. The zero-order valence-corrected chi connectivity index (χ0v) is 11.9. The summed E-state index contributed by atoms with van der Waals surface area (Å²) < 4.78 is 60.5. The van der Waals surface area contributed by atoms with Crippen LogP contribution in [0.2, 0.25) is 0 Å². The maximum absolute atomic E-state index is 8.12. The maximum Gasteiger partial charge on any atom is 0.498 e. The predicted octanol–water partition coefficient (Wildman–Crippen LogP) is 1.16. The first kappa shape index (κ1) is 9.02. The average molecular weight is 282 g/mol. The number of nitrogens with zero attached hydrogens (tertiary/aromatic N) is 1. The molecule has 0 spiro atoms. The molecule has 2 aliphatic heterocycles. The van der Waals surface area contributed by atoms with Crippen molar-refractivity contribution in [2.75, 3.05) is 13.1 Å². The van der Waals surface area contributed by atoms with Gasteiger partial charge in [0.05, 0.1) is 37.4 Å². The Morgan fingerprint density at radius 2 is 2.00 bits per heavy atom. The van der Waals surface area contributed by atoms with Gasteiger partial charge in [0.25, 0.3) is 0 Å². The fourth-order valence-electron chi connectivity index (χ4n) is 1.89. The van der Waals surface area contributed by atoms with Crippen molar-refractivity contribution in [1.82, 2.24) is 4.98 Å². The quantitative estimate of drug-likeness (QED) is 0.779. The number of pyridine rings is 1. The van der Waals surface area contributed by atoms with Crippen LogP contribution in [-0.2, 0) is 14.0 Å². The second-order valence-corrected chi connectivity index (χ2v) is 5.74. The van der Waals surface area contributed by atoms with Crippen molar-refractivity contribution < 1.29 is 25.6 Å². The molecule has 0 radical (unpaired) electrons. The monoisotopic (exact) mass is 282 g/mol. The van der Waals surface area contributed by atoms with E-state index in [0.29, 0.717) is 5.46 Å². The molecule has 0 aromatic carbocycles. The maximum atomic E-state index is 8.12. The first-order valence-electron chi connectivity index (χ1n) is 8.91. The highest BCUT2D eigenvalue weighted by atomic mass is 16.7. The Hall–Kier alpha value is -1.11. The van der Waals surface area contributed by atoms with Crippen LogP contribution in [0.4, 0.5) is 0 Å². The number of rotatable bonds is 3. The molecular formula is C14H20BNO4. The smallest absolute Gasteiger partial charge is 0.484 e. The van der Waals surface area contributed by atoms with E-state index in [1.807, 2.05) is 27.7 Å². The van der Waals surface area contributed by atoms with Crippen molar-refractivity contribution in [3.05, 3.63) is 18.5 Å². The highest BCUT2D eigenvalue weighted by molar-refractivity contribution is 6.63. The van der Waals surface area contributed by atoms with Crippen LogP contribution in [0.3, 0.4) is 0 Å². The first-order valence-corrected chi connectivity index (χ1v) is 6.41. The van der Waals surface area contributed by atoms with Crippen LogP contribution in [-0.4, -0.2) is 42.5 Å². The number of aromatic nitrogens is 1. The lowest BCUT2D eigenvalue weighted by Crippen LogP contribution is -2.42. The van der Waals surface area contributed by atoms with E-state index in [9.17, 15) is 0 Å². The van der Waals surface area contributed by atoms with Crippen LogP contribution in [0, 0.1) is 0 Å². The number of ether oxygens (including phenoxy) is 2. The van der Waals surface area contributed by atoms with E-state index < -0.39 is 37.5 Å². The van der Waals surface area contributed by atoms with Crippen molar-refractivity contribution in [3.8, 4) is 5.75 Å². The summed E-state index contributed by atoms with van der Waals surface area (Å²) in [6.45, 7) is 2.32. The van der Waals surface area contributed by atoms with Crippen LogP contribution in [0.15, 0.2) is 18.5 Å². The molecule has 108 valence electrons. The standard InChI is InChI=1S/C14H20BNO4/c1-13(2)14(3,4)20-15(19-13)11-5-6-16-7-12(11)18-10-8-17-9-10/h5-7,10H,8-9H2,1-4H3/i8D2,9D2,10D. The van der Waals surface area contributed by atoms with Gasteiger partial charge in [0.1, 0.15) is 11.8 Å². The molecule has 0 aliphatic carbocycles. The van der Waals surface area contributed by atoms with Crippen molar-refractivity contribution >= 4 is 12.6 Å². The van der Waals surface area contributed by atoms with Crippen LogP contribution >= 0.6 is 0 Å². The molecule has 2 aliphatic rings. The van der Waals surface area contributed by atoms with Gasteiger partial charge >= 0.3 is 7.12 Å². The van der Waals surface area contributed by atoms with Gasteiger partial charge in [-0.25, -0.2) is 0 Å². The van der Waals surface area contributed by atoms with E-state index in [1.54, 1.807) is 6.07 Å². The minimum Gasteiger partial charge on any atom is -0.484 e. The lowest BCUT2D eigenvalue weighted by Gasteiger charge is -2.32. The molecule has 2 saturated heterocycles. The van der Waals surface area contributed by atoms with Crippen molar-refractivity contribution in [3.63, 3.8) is 0 Å². The molecule has 5 nitrogen and oxygen atoms in total. The predicted molar refractivity (Wildman–Crippen MR) is 75.2 cm³/mol. The summed E-state index contributed by atoms with van der Waals surface area (Å²) in [6.07, 6.45) is 0.187. The molecule has 20 heavy (non-hydrogen) atoms. The topological polar surface area (TPSA) is 49.8 Å². The highest BCUT2D eigenvalue weighted by Crippen LogP contribution is 2.37. The molecular weight excluding hydrogens is 257 g/mol. The molecule has 6 heteroatoms. The van der Waals surface area contributed by atoms with E-state index in [4.69, 9.17) is 20.9 Å². The first-order chi connectivity index (χ1) is 11.2. The lowest BCUT2D eigenvalue weighted by atomic mass is 9.79. The van der Waals surface area contributed by atoms with Crippen LogP contribution in [0.25, 0.3) is 0 Å². The normalized spacial score (nSPS) is 34.8. The zero-order chi connectivity index (χ0) is 18.9. The molecule has 0 unspecified atom stereocenters. The van der Waals surface area contributed by atoms with Crippen molar-refractivity contribution in [1.29, 1.82) is 0 Å². The number of hydrogen-bond donors (Lipinski definition) is 0. The summed E-state index contributed by atoms with van der Waals surface area (Å²) in [5, 5.41) is 0. The molecule has 0 saturated carbocycles. The van der Waals surface area contributed by atoms with Crippen molar-refractivity contribution in [2.24, 2.45) is 0 Å². The van der Waals surface area contributed by atoms with Gasteiger partial charge in [-0.15, -0.1) is 0 Å². The summed E-state index contributed by atoms with van der Waals surface area (Å²) >= 11 is 0. The molecule has 0 bridgehead atoms. The minimum atomic E-state index is -2.61. The molecule has 1 aromatic rings. The summed E-state index contributed by atoms with van der Waals surface area (Å²) in [7, 11) is -0.815. The third-order valence-electron chi connectivity index (χ3n) is 3.82. The van der Waals surface area contributed by atoms with E-state index >= 15 is 0 Å². The van der Waals surface area contributed by atoms with Gasteiger partial charge in [-0.05, 0) is 33.8 Å². The highest BCUT2D eigenvalue weighted by Gasteiger charge is 2.52. The summed E-state index contributed by atoms with van der Waals surface area (Å²) in [4.78, 5) is 3.92. The second kappa shape index (κ2) is 4.72. The largest absolute Gasteiger partial charge is 0.498 e. The van der Waals surface area contributed by atoms with Crippen LogP contribution < -0.4 is 10.2 Å². The molecule has 2 fully saturated rings. The minimum absolute atomic E-state index is 0.00653. The molecule has 1 aromatic heterocycles. The Balaban J connectivity index is 1.94. The van der Waals surface area contributed by atoms with E-state index in [-0.39, 0.29) is 5.75 Å². The van der Waals surface area contributed by atoms with Gasteiger partial charge in [-0.2, -0.15) is 0 Å². The fourth-order valence-corrected chi connectivity index (χ4v) is 1.89. The van der Waals surface area contributed by atoms with Gasteiger partial charge in [0, 0.05) is 11.7 Å². The Bertz CT molecular complexity index is 670. The average Bonchev–Trinajstić information content (AvgIpc) is 2.66. The van der Waals surface area contributed by atoms with Gasteiger partial charge in [-0.3, -0.25) is 4.98 Å². The van der Waals surface area contributed by atoms with E-state index in [0.717, 1.165) is 0 Å². The molecule has 3 heterocycles.